The highest BCUT2D eigenvalue weighted by Gasteiger charge is 2.38. The minimum atomic E-state index is -0.807. The van der Waals surface area contributed by atoms with Gasteiger partial charge in [-0.25, -0.2) is 0 Å². The molecule has 0 amide bonds. The predicted molar refractivity (Wildman–Crippen MR) is 118 cm³/mol. The SMILES string of the molecule is C=C(C)[C@@H]1CC[C@@H](C(=O)O)C[C@H]1c1c(O)cc(C(C)(C)CCCCCC)cc1O. The number of aromatic hydroxyl groups is 2. The van der Waals surface area contributed by atoms with E-state index in [1.54, 1.807) is 12.1 Å². The van der Waals surface area contributed by atoms with Crippen LogP contribution in [-0.2, 0) is 10.2 Å². The molecule has 1 fully saturated rings. The van der Waals surface area contributed by atoms with Crippen molar-refractivity contribution in [1.82, 2.24) is 0 Å². The van der Waals surface area contributed by atoms with Crippen LogP contribution in [0.5, 0.6) is 11.5 Å². The standard InChI is InChI=1S/C25H38O4/c1-6-7-8-9-12-25(4,5)18-14-21(26)23(22(27)15-18)20-13-17(24(28)29)10-11-19(20)16(2)3/h14-15,17,19-20,26-27H,2,6-13H2,1,3-5H3,(H,28,29)/t17-,19+,20-/m1/s1. The van der Waals surface area contributed by atoms with E-state index in [9.17, 15) is 20.1 Å². The molecule has 0 aliphatic heterocycles. The molecule has 3 N–H and O–H groups in total. The van der Waals surface area contributed by atoms with Gasteiger partial charge in [0.15, 0.2) is 0 Å². The van der Waals surface area contributed by atoms with Crippen LogP contribution in [0, 0.1) is 11.8 Å². The van der Waals surface area contributed by atoms with Gasteiger partial charge in [-0.3, -0.25) is 4.79 Å². The number of rotatable bonds is 9. The summed E-state index contributed by atoms with van der Waals surface area (Å²) in [7, 11) is 0. The molecule has 1 aliphatic carbocycles. The number of unbranched alkanes of at least 4 members (excludes halogenated alkanes) is 3. The van der Waals surface area contributed by atoms with Gasteiger partial charge in [0.2, 0.25) is 0 Å². The molecule has 1 aromatic carbocycles. The maximum Gasteiger partial charge on any atom is 0.306 e. The number of benzene rings is 1. The second-order valence-corrected chi connectivity index (χ2v) is 9.53. The molecule has 0 unspecified atom stereocenters. The number of carboxylic acid groups (broad SMARTS) is 1. The van der Waals surface area contributed by atoms with E-state index in [2.05, 4.69) is 27.4 Å². The summed E-state index contributed by atoms with van der Waals surface area (Å²) in [4.78, 5) is 11.6. The van der Waals surface area contributed by atoms with Crippen LogP contribution in [-0.4, -0.2) is 21.3 Å². The fraction of sp³-hybridized carbons (Fsp3) is 0.640. The molecule has 2 rings (SSSR count). The Balaban J connectivity index is 2.33. The van der Waals surface area contributed by atoms with Crippen LogP contribution in [0.2, 0.25) is 0 Å². The van der Waals surface area contributed by atoms with Crippen LogP contribution in [0.3, 0.4) is 0 Å². The third-order valence-corrected chi connectivity index (χ3v) is 6.78. The summed E-state index contributed by atoms with van der Waals surface area (Å²) in [6.07, 6.45) is 7.44. The lowest BCUT2D eigenvalue weighted by Crippen LogP contribution is -2.28. The molecular formula is C25H38O4. The molecule has 0 radical (unpaired) electrons. The van der Waals surface area contributed by atoms with Crippen LogP contribution in [0.1, 0.15) is 96.1 Å². The van der Waals surface area contributed by atoms with Gasteiger partial charge in [-0.2, -0.15) is 0 Å². The van der Waals surface area contributed by atoms with Crippen molar-refractivity contribution in [2.24, 2.45) is 11.8 Å². The van der Waals surface area contributed by atoms with Crippen molar-refractivity contribution >= 4 is 5.97 Å². The fourth-order valence-electron chi connectivity index (χ4n) is 4.84. The van der Waals surface area contributed by atoms with Crippen LogP contribution in [0.25, 0.3) is 0 Å². The molecular weight excluding hydrogens is 364 g/mol. The number of hydrogen-bond acceptors (Lipinski definition) is 3. The van der Waals surface area contributed by atoms with Gasteiger partial charge in [-0.05, 0) is 67.6 Å². The summed E-state index contributed by atoms with van der Waals surface area (Å²) in [5, 5.41) is 31.3. The van der Waals surface area contributed by atoms with E-state index in [0.29, 0.717) is 24.8 Å². The molecule has 162 valence electrons. The average Bonchev–Trinajstić information content (AvgIpc) is 2.64. The summed E-state index contributed by atoms with van der Waals surface area (Å²) in [5.74, 6) is -1.28. The van der Waals surface area contributed by atoms with Gasteiger partial charge in [0, 0.05) is 5.56 Å². The van der Waals surface area contributed by atoms with Crippen molar-refractivity contribution < 1.29 is 20.1 Å². The number of allylic oxidation sites excluding steroid dienone is 1. The van der Waals surface area contributed by atoms with Gasteiger partial charge in [0.1, 0.15) is 11.5 Å². The fourth-order valence-corrected chi connectivity index (χ4v) is 4.84. The van der Waals surface area contributed by atoms with Gasteiger partial charge in [-0.15, -0.1) is 0 Å². The van der Waals surface area contributed by atoms with E-state index >= 15 is 0 Å². The van der Waals surface area contributed by atoms with Crippen LogP contribution in [0.15, 0.2) is 24.3 Å². The van der Waals surface area contributed by atoms with Crippen LogP contribution >= 0.6 is 0 Å². The van der Waals surface area contributed by atoms with Gasteiger partial charge >= 0.3 is 5.97 Å². The van der Waals surface area contributed by atoms with Crippen LogP contribution < -0.4 is 0 Å². The zero-order valence-corrected chi connectivity index (χ0v) is 18.5. The second-order valence-electron chi connectivity index (χ2n) is 9.53. The number of phenols is 2. The zero-order chi connectivity index (χ0) is 21.8. The quantitative estimate of drug-likeness (QED) is 0.325. The molecule has 3 atom stereocenters. The Morgan fingerprint density at radius 3 is 2.28 bits per heavy atom. The summed E-state index contributed by atoms with van der Waals surface area (Å²) in [6, 6.07) is 3.55. The molecule has 0 spiro atoms. The summed E-state index contributed by atoms with van der Waals surface area (Å²) >= 11 is 0. The predicted octanol–water partition coefficient (Wildman–Crippen LogP) is 6.51. The minimum Gasteiger partial charge on any atom is -0.508 e. The summed E-state index contributed by atoms with van der Waals surface area (Å²) in [6.45, 7) is 12.5. The lowest BCUT2D eigenvalue weighted by Gasteiger charge is -2.36. The Kier molecular flexibility index (Phi) is 7.79. The highest BCUT2D eigenvalue weighted by Crippen LogP contribution is 2.50. The van der Waals surface area contributed by atoms with Crippen molar-refractivity contribution in [2.45, 2.75) is 90.4 Å². The first-order valence-electron chi connectivity index (χ1n) is 11.0. The monoisotopic (exact) mass is 402 g/mol. The number of carbonyl (C=O) groups is 1. The van der Waals surface area contributed by atoms with E-state index in [0.717, 1.165) is 24.0 Å². The van der Waals surface area contributed by atoms with Crippen molar-refractivity contribution in [3.8, 4) is 11.5 Å². The highest BCUT2D eigenvalue weighted by atomic mass is 16.4. The largest absolute Gasteiger partial charge is 0.508 e. The first kappa shape index (κ1) is 23.3. The van der Waals surface area contributed by atoms with Crippen molar-refractivity contribution in [3.05, 3.63) is 35.4 Å². The number of phenolic OH excluding ortho intramolecular Hbond substituents is 2. The number of hydrogen-bond donors (Lipinski definition) is 3. The van der Waals surface area contributed by atoms with Crippen molar-refractivity contribution in [1.29, 1.82) is 0 Å². The lowest BCUT2D eigenvalue weighted by atomic mass is 9.68. The lowest BCUT2D eigenvalue weighted by molar-refractivity contribution is -0.143. The molecule has 4 nitrogen and oxygen atoms in total. The zero-order valence-electron chi connectivity index (χ0n) is 18.5. The summed E-state index contributed by atoms with van der Waals surface area (Å²) in [5.41, 5.74) is 2.23. The van der Waals surface area contributed by atoms with Crippen molar-refractivity contribution in [2.75, 3.05) is 0 Å². The Bertz CT molecular complexity index is 711. The van der Waals surface area contributed by atoms with Gasteiger partial charge in [0.05, 0.1) is 5.92 Å². The normalized spacial score (nSPS) is 22.4. The first-order chi connectivity index (χ1) is 13.6. The highest BCUT2D eigenvalue weighted by molar-refractivity contribution is 5.70. The second kappa shape index (κ2) is 9.69. The molecule has 0 aromatic heterocycles. The molecule has 29 heavy (non-hydrogen) atoms. The Hall–Kier alpha value is -1.97. The minimum absolute atomic E-state index is 0.0651. The van der Waals surface area contributed by atoms with E-state index in [-0.39, 0.29) is 28.7 Å². The molecule has 0 heterocycles. The number of aliphatic carboxylic acids is 1. The molecule has 1 saturated carbocycles. The van der Waals surface area contributed by atoms with Gasteiger partial charge < -0.3 is 15.3 Å². The summed E-state index contributed by atoms with van der Waals surface area (Å²) < 4.78 is 0. The van der Waals surface area contributed by atoms with Gasteiger partial charge in [0.25, 0.3) is 0 Å². The maximum atomic E-state index is 11.6. The van der Waals surface area contributed by atoms with E-state index in [4.69, 9.17) is 0 Å². The first-order valence-corrected chi connectivity index (χ1v) is 11.0. The van der Waals surface area contributed by atoms with Gasteiger partial charge in [-0.1, -0.05) is 58.6 Å². The third kappa shape index (κ3) is 5.55. The Labute approximate surface area is 175 Å². The molecule has 1 aliphatic rings. The maximum absolute atomic E-state index is 11.6. The van der Waals surface area contributed by atoms with Crippen LogP contribution in [0.4, 0.5) is 0 Å². The third-order valence-electron chi connectivity index (χ3n) is 6.78. The Morgan fingerprint density at radius 2 is 1.76 bits per heavy atom. The molecule has 1 aromatic rings. The molecule has 4 heteroatoms. The van der Waals surface area contributed by atoms with E-state index in [1.165, 1.54) is 19.3 Å². The van der Waals surface area contributed by atoms with Crippen molar-refractivity contribution in [3.63, 3.8) is 0 Å². The average molecular weight is 403 g/mol. The van der Waals surface area contributed by atoms with E-state index in [1.807, 2.05) is 6.92 Å². The smallest absolute Gasteiger partial charge is 0.306 e. The molecule has 0 bridgehead atoms. The number of carboxylic acids is 1. The van der Waals surface area contributed by atoms with E-state index < -0.39 is 11.9 Å². The molecule has 0 saturated heterocycles. The Morgan fingerprint density at radius 1 is 1.14 bits per heavy atom. The topological polar surface area (TPSA) is 77.8 Å².